The quantitative estimate of drug-likeness (QED) is 0.884. The predicted octanol–water partition coefficient (Wildman–Crippen LogP) is 1.86. The Balaban J connectivity index is 2.11. The third-order valence-corrected chi connectivity index (χ3v) is 4.51. The Morgan fingerprint density at radius 2 is 2.00 bits per heavy atom. The van der Waals surface area contributed by atoms with E-state index in [1.54, 1.807) is 14.0 Å². The number of nitrogens with one attached hydrogen (secondary N) is 1. The number of aryl methyl sites for hydroxylation is 1. The molecule has 114 valence electrons. The fraction of sp³-hybridized carbons (Fsp3) is 0.357. The molecule has 0 aliphatic heterocycles. The average Bonchev–Trinajstić information content (AvgIpc) is 2.87. The highest BCUT2D eigenvalue weighted by molar-refractivity contribution is 7.89. The summed E-state index contributed by atoms with van der Waals surface area (Å²) < 4.78 is 33.9. The highest BCUT2D eigenvalue weighted by atomic mass is 32.2. The second-order valence-corrected chi connectivity index (χ2v) is 6.41. The molecule has 0 aliphatic carbocycles. The first-order chi connectivity index (χ1) is 9.92. The van der Waals surface area contributed by atoms with Crippen LogP contribution in [0.4, 0.5) is 0 Å². The first-order valence-corrected chi connectivity index (χ1v) is 8.14. The lowest BCUT2D eigenvalue weighted by molar-refractivity contribution is 0.340. The van der Waals surface area contributed by atoms with Gasteiger partial charge in [-0.2, -0.15) is 5.10 Å². The van der Waals surface area contributed by atoms with Crippen molar-refractivity contribution in [3.05, 3.63) is 42.2 Å². The summed E-state index contributed by atoms with van der Waals surface area (Å²) in [5, 5.41) is 3.88. The molecule has 7 heteroatoms. The maximum Gasteiger partial charge on any atom is 0.244 e. The molecule has 1 N–H and O–H groups in total. The Hall–Kier alpha value is -1.86. The van der Waals surface area contributed by atoms with Crippen LogP contribution in [-0.4, -0.2) is 24.8 Å². The van der Waals surface area contributed by atoms with E-state index in [9.17, 15) is 8.42 Å². The minimum atomic E-state index is -3.57. The number of benzene rings is 1. The van der Waals surface area contributed by atoms with E-state index in [1.807, 2.05) is 31.2 Å². The van der Waals surface area contributed by atoms with Crippen LogP contribution < -0.4 is 9.46 Å². The molecule has 0 fully saturated rings. The van der Waals surface area contributed by atoms with Gasteiger partial charge in [-0.05, 0) is 31.5 Å². The van der Waals surface area contributed by atoms with Crippen LogP contribution in [0.5, 0.6) is 5.75 Å². The van der Waals surface area contributed by atoms with Crippen LogP contribution in [0.3, 0.4) is 0 Å². The van der Waals surface area contributed by atoms with E-state index in [1.165, 1.54) is 17.1 Å². The first kappa shape index (κ1) is 15.5. The Morgan fingerprint density at radius 1 is 1.33 bits per heavy atom. The molecule has 0 aliphatic rings. The van der Waals surface area contributed by atoms with Crippen molar-refractivity contribution < 1.29 is 13.2 Å². The van der Waals surface area contributed by atoms with Gasteiger partial charge in [0.25, 0.3) is 0 Å². The van der Waals surface area contributed by atoms with Gasteiger partial charge >= 0.3 is 0 Å². The van der Waals surface area contributed by atoms with E-state index < -0.39 is 10.0 Å². The van der Waals surface area contributed by atoms with E-state index in [-0.39, 0.29) is 10.9 Å². The monoisotopic (exact) mass is 309 g/mol. The Morgan fingerprint density at radius 3 is 2.52 bits per heavy atom. The largest absolute Gasteiger partial charge is 0.494 e. The molecular formula is C14H19N3O3S. The lowest BCUT2D eigenvalue weighted by Gasteiger charge is -2.14. The van der Waals surface area contributed by atoms with Gasteiger partial charge in [0.2, 0.25) is 10.0 Å². The number of sulfonamides is 1. The number of ether oxygens (including phenoxy) is 1. The van der Waals surface area contributed by atoms with Crippen LogP contribution in [-0.2, 0) is 17.1 Å². The van der Waals surface area contributed by atoms with Crippen molar-refractivity contribution in [3.63, 3.8) is 0 Å². The molecule has 1 heterocycles. The summed E-state index contributed by atoms with van der Waals surface area (Å²) in [4.78, 5) is 0.155. The number of hydrogen-bond donors (Lipinski definition) is 1. The smallest absolute Gasteiger partial charge is 0.244 e. The van der Waals surface area contributed by atoms with Gasteiger partial charge in [-0.25, -0.2) is 13.1 Å². The zero-order valence-electron chi connectivity index (χ0n) is 12.3. The second kappa shape index (κ2) is 6.28. The third-order valence-electron chi connectivity index (χ3n) is 3.01. The summed E-state index contributed by atoms with van der Waals surface area (Å²) in [7, 11) is -1.90. The molecule has 21 heavy (non-hydrogen) atoms. The summed E-state index contributed by atoms with van der Waals surface area (Å²) in [6.07, 6.45) is 2.79. The van der Waals surface area contributed by atoms with E-state index in [0.717, 1.165) is 11.3 Å². The maximum atomic E-state index is 12.2. The Labute approximate surface area is 124 Å². The fourth-order valence-electron chi connectivity index (χ4n) is 1.93. The van der Waals surface area contributed by atoms with Gasteiger partial charge in [-0.3, -0.25) is 4.68 Å². The number of rotatable bonds is 6. The van der Waals surface area contributed by atoms with E-state index >= 15 is 0 Å². The van der Waals surface area contributed by atoms with Crippen molar-refractivity contribution in [3.8, 4) is 5.75 Å². The van der Waals surface area contributed by atoms with E-state index in [0.29, 0.717) is 6.61 Å². The summed E-state index contributed by atoms with van der Waals surface area (Å²) >= 11 is 0. The maximum absolute atomic E-state index is 12.2. The lowest BCUT2D eigenvalue weighted by atomic mass is 10.1. The number of hydrogen-bond acceptors (Lipinski definition) is 4. The highest BCUT2D eigenvalue weighted by Gasteiger charge is 2.19. The van der Waals surface area contributed by atoms with Crippen LogP contribution in [0.1, 0.15) is 25.5 Å². The Bertz CT molecular complexity index is 693. The number of nitrogens with zero attached hydrogens (tertiary/aromatic N) is 2. The lowest BCUT2D eigenvalue weighted by Crippen LogP contribution is -2.26. The minimum Gasteiger partial charge on any atom is -0.494 e. The normalized spacial score (nSPS) is 13.1. The molecule has 0 unspecified atom stereocenters. The van der Waals surface area contributed by atoms with Gasteiger partial charge in [-0.1, -0.05) is 12.1 Å². The molecule has 2 rings (SSSR count). The summed E-state index contributed by atoms with van der Waals surface area (Å²) in [6.45, 7) is 4.31. The van der Waals surface area contributed by atoms with Crippen molar-refractivity contribution >= 4 is 10.0 Å². The molecule has 2 aromatic rings. The van der Waals surface area contributed by atoms with Crippen molar-refractivity contribution in [1.29, 1.82) is 0 Å². The molecule has 0 bridgehead atoms. The molecule has 0 amide bonds. The van der Waals surface area contributed by atoms with Crippen molar-refractivity contribution in [1.82, 2.24) is 14.5 Å². The Kier molecular flexibility index (Phi) is 4.64. The summed E-state index contributed by atoms with van der Waals surface area (Å²) in [5.41, 5.74) is 0.867. The molecule has 6 nitrogen and oxygen atoms in total. The van der Waals surface area contributed by atoms with Gasteiger partial charge < -0.3 is 4.74 Å². The standard InChI is InChI=1S/C14H19N3O3S/c1-4-20-13-7-5-12(6-8-13)11(2)16-21(18,19)14-9-15-17(3)10-14/h5-11,16H,4H2,1-3H3/t11-/m0/s1. The molecule has 1 aromatic heterocycles. The third kappa shape index (κ3) is 3.83. The summed E-state index contributed by atoms with van der Waals surface area (Å²) in [5.74, 6) is 0.767. The minimum absolute atomic E-state index is 0.155. The molecule has 0 saturated carbocycles. The molecule has 0 saturated heterocycles. The van der Waals surface area contributed by atoms with Crippen LogP contribution in [0.25, 0.3) is 0 Å². The van der Waals surface area contributed by atoms with Gasteiger partial charge in [0.05, 0.1) is 12.8 Å². The topological polar surface area (TPSA) is 73.2 Å². The van der Waals surface area contributed by atoms with E-state index in [4.69, 9.17) is 4.74 Å². The van der Waals surface area contributed by atoms with Crippen LogP contribution in [0.15, 0.2) is 41.6 Å². The van der Waals surface area contributed by atoms with Gasteiger partial charge in [0, 0.05) is 19.3 Å². The van der Waals surface area contributed by atoms with E-state index in [2.05, 4.69) is 9.82 Å². The highest BCUT2D eigenvalue weighted by Crippen LogP contribution is 2.19. The SMILES string of the molecule is CCOc1ccc([C@H](C)NS(=O)(=O)c2cnn(C)c2)cc1. The second-order valence-electron chi connectivity index (χ2n) is 4.69. The zero-order chi connectivity index (χ0) is 15.5. The van der Waals surface area contributed by atoms with Gasteiger partial charge in [-0.15, -0.1) is 0 Å². The predicted molar refractivity (Wildman–Crippen MR) is 79.6 cm³/mol. The molecule has 1 aromatic carbocycles. The van der Waals surface area contributed by atoms with Crippen LogP contribution >= 0.6 is 0 Å². The van der Waals surface area contributed by atoms with Crippen molar-refractivity contribution in [2.24, 2.45) is 7.05 Å². The molecule has 0 spiro atoms. The van der Waals surface area contributed by atoms with Crippen molar-refractivity contribution in [2.45, 2.75) is 24.8 Å². The molecule has 1 atom stereocenters. The van der Waals surface area contributed by atoms with Gasteiger partial charge in [0.15, 0.2) is 0 Å². The van der Waals surface area contributed by atoms with Crippen LogP contribution in [0, 0.1) is 0 Å². The first-order valence-electron chi connectivity index (χ1n) is 6.66. The van der Waals surface area contributed by atoms with Crippen LogP contribution in [0.2, 0.25) is 0 Å². The molecular weight excluding hydrogens is 290 g/mol. The zero-order valence-corrected chi connectivity index (χ0v) is 13.1. The number of aromatic nitrogens is 2. The van der Waals surface area contributed by atoms with Crippen molar-refractivity contribution in [2.75, 3.05) is 6.61 Å². The average molecular weight is 309 g/mol. The summed E-state index contributed by atoms with van der Waals surface area (Å²) in [6, 6.07) is 7.01. The molecule has 0 radical (unpaired) electrons. The fourth-order valence-corrected chi connectivity index (χ4v) is 3.14. The van der Waals surface area contributed by atoms with Gasteiger partial charge in [0.1, 0.15) is 10.6 Å².